The van der Waals surface area contributed by atoms with Gasteiger partial charge in [0.05, 0.1) is 25.1 Å². The van der Waals surface area contributed by atoms with Crippen LogP contribution in [0.2, 0.25) is 0 Å². The zero-order chi connectivity index (χ0) is 21.8. The van der Waals surface area contributed by atoms with Crippen LogP contribution in [0.25, 0.3) is 5.69 Å². The molecule has 4 rings (SSSR count). The van der Waals surface area contributed by atoms with Crippen LogP contribution < -0.4 is 10.1 Å². The van der Waals surface area contributed by atoms with E-state index in [1.165, 1.54) is 32.1 Å². The number of thiocarbonyl (C=S) groups is 1. The van der Waals surface area contributed by atoms with Crippen molar-refractivity contribution in [2.45, 2.75) is 58.0 Å². The second kappa shape index (κ2) is 9.68. The van der Waals surface area contributed by atoms with E-state index in [1.54, 1.807) is 14.0 Å². The fourth-order valence-electron chi connectivity index (χ4n) is 4.41. The third-order valence-corrected chi connectivity index (χ3v) is 6.44. The fourth-order valence-corrected chi connectivity index (χ4v) is 4.73. The predicted molar refractivity (Wildman–Crippen MR) is 123 cm³/mol. The minimum absolute atomic E-state index is 0.314. The number of hydrogen-bond donors (Lipinski definition) is 1. The summed E-state index contributed by atoms with van der Waals surface area (Å²) in [6.07, 6.45) is 6.91. The number of methoxy groups -OCH3 is 1. The number of nitrogens with one attached hydrogen (secondary N) is 1. The summed E-state index contributed by atoms with van der Waals surface area (Å²) in [6, 6.07) is 8.14. The van der Waals surface area contributed by atoms with Crippen LogP contribution in [0.1, 0.15) is 60.8 Å². The summed E-state index contributed by atoms with van der Waals surface area (Å²) in [6.45, 7) is 3.46. The van der Waals surface area contributed by atoms with Crippen molar-refractivity contribution in [3.63, 3.8) is 0 Å². The fraction of sp³-hybridized carbons (Fsp3) is 0.522. The van der Waals surface area contributed by atoms with E-state index in [2.05, 4.69) is 15.3 Å². The number of carbonyl (C=O) groups is 1. The van der Waals surface area contributed by atoms with Gasteiger partial charge in [0.25, 0.3) is 0 Å². The van der Waals surface area contributed by atoms with Gasteiger partial charge >= 0.3 is 5.97 Å². The van der Waals surface area contributed by atoms with Gasteiger partial charge in [0.1, 0.15) is 5.75 Å². The molecule has 8 heteroatoms. The second-order valence-corrected chi connectivity index (χ2v) is 8.45. The van der Waals surface area contributed by atoms with Gasteiger partial charge in [-0.25, -0.2) is 9.48 Å². The lowest BCUT2D eigenvalue weighted by molar-refractivity contribution is 0.0517. The topological polar surface area (TPSA) is 68.6 Å². The Hall–Kier alpha value is -2.61. The first kappa shape index (κ1) is 21.6. The summed E-state index contributed by atoms with van der Waals surface area (Å²) >= 11 is 5.73. The van der Waals surface area contributed by atoms with Crippen LogP contribution in [-0.4, -0.2) is 52.1 Å². The molecule has 7 nitrogen and oxygen atoms in total. The molecule has 0 unspecified atom stereocenters. The van der Waals surface area contributed by atoms with Crippen molar-refractivity contribution >= 4 is 23.3 Å². The molecule has 1 aliphatic carbocycles. The molecule has 2 aliphatic rings. The number of aromatic nitrogens is 2. The molecule has 1 saturated carbocycles. The SMILES string of the molecule is CCOC(=O)c1nn(-c2ccc(OC)cc2)c2c1CN(C(=S)NC1CCCCC1)CC2. The standard InChI is InChI=1S/C23H30N4O3S/c1-3-30-22(28)21-19-15-26(23(31)24-16-7-5-4-6-8-16)14-13-20(19)27(25-21)17-9-11-18(29-2)12-10-17/h9-12,16H,3-8,13-15H2,1-2H3,(H,24,31). The number of esters is 1. The van der Waals surface area contributed by atoms with Crippen LogP contribution in [0.4, 0.5) is 0 Å². The van der Waals surface area contributed by atoms with Crippen LogP contribution in [0.5, 0.6) is 5.75 Å². The molecule has 1 aromatic carbocycles. The lowest BCUT2D eigenvalue weighted by atomic mass is 9.96. The van der Waals surface area contributed by atoms with Crippen LogP contribution in [0.15, 0.2) is 24.3 Å². The minimum Gasteiger partial charge on any atom is -0.497 e. The first-order valence-electron chi connectivity index (χ1n) is 11.1. The Morgan fingerprint density at radius 1 is 1.23 bits per heavy atom. The summed E-state index contributed by atoms with van der Waals surface area (Å²) in [7, 11) is 1.64. The van der Waals surface area contributed by atoms with Crippen molar-refractivity contribution in [1.82, 2.24) is 20.0 Å². The molecule has 2 aromatic rings. The molecule has 0 amide bonds. The smallest absolute Gasteiger partial charge is 0.359 e. The van der Waals surface area contributed by atoms with E-state index in [4.69, 9.17) is 21.7 Å². The van der Waals surface area contributed by atoms with Gasteiger partial charge in [-0.2, -0.15) is 5.10 Å². The highest BCUT2D eigenvalue weighted by molar-refractivity contribution is 7.80. The second-order valence-electron chi connectivity index (χ2n) is 8.06. The molecule has 1 N–H and O–H groups in total. The van der Waals surface area contributed by atoms with Gasteiger partial charge in [0.2, 0.25) is 0 Å². The van der Waals surface area contributed by atoms with Crippen molar-refractivity contribution in [3.8, 4) is 11.4 Å². The largest absolute Gasteiger partial charge is 0.497 e. The lowest BCUT2D eigenvalue weighted by Gasteiger charge is -2.33. The average Bonchev–Trinajstić information content (AvgIpc) is 3.19. The van der Waals surface area contributed by atoms with Crippen LogP contribution in [-0.2, 0) is 17.7 Å². The zero-order valence-corrected chi connectivity index (χ0v) is 19.0. The maximum Gasteiger partial charge on any atom is 0.359 e. The molecule has 166 valence electrons. The molecule has 0 atom stereocenters. The van der Waals surface area contributed by atoms with E-state index in [0.29, 0.717) is 24.9 Å². The van der Waals surface area contributed by atoms with Gasteiger partial charge in [-0.15, -0.1) is 0 Å². The maximum absolute atomic E-state index is 12.7. The molecule has 0 saturated heterocycles. The van der Waals surface area contributed by atoms with E-state index >= 15 is 0 Å². The highest BCUT2D eigenvalue weighted by Crippen LogP contribution is 2.27. The van der Waals surface area contributed by atoms with E-state index in [-0.39, 0.29) is 5.97 Å². The molecule has 0 spiro atoms. The molecule has 0 bridgehead atoms. The summed E-state index contributed by atoms with van der Waals surface area (Å²) in [4.78, 5) is 14.8. The summed E-state index contributed by atoms with van der Waals surface area (Å²) in [5, 5.41) is 8.97. The number of ether oxygens (including phenoxy) is 2. The quantitative estimate of drug-likeness (QED) is 0.560. The highest BCUT2D eigenvalue weighted by atomic mass is 32.1. The maximum atomic E-state index is 12.7. The van der Waals surface area contributed by atoms with Crippen molar-refractivity contribution < 1.29 is 14.3 Å². The van der Waals surface area contributed by atoms with Crippen molar-refractivity contribution in [2.75, 3.05) is 20.3 Å². The van der Waals surface area contributed by atoms with Crippen molar-refractivity contribution in [3.05, 3.63) is 41.2 Å². The predicted octanol–water partition coefficient (Wildman–Crippen LogP) is 3.62. The Bertz CT molecular complexity index is 935. The van der Waals surface area contributed by atoms with Gasteiger partial charge in [-0.05, 0) is 56.2 Å². The van der Waals surface area contributed by atoms with Gasteiger partial charge in [0.15, 0.2) is 10.8 Å². The zero-order valence-electron chi connectivity index (χ0n) is 18.2. The number of fused-ring (bicyclic) bond motifs is 1. The summed E-state index contributed by atoms with van der Waals surface area (Å²) in [5.41, 5.74) is 3.19. The van der Waals surface area contributed by atoms with Crippen molar-refractivity contribution in [1.29, 1.82) is 0 Å². The molecule has 2 heterocycles. The number of nitrogens with zero attached hydrogens (tertiary/aromatic N) is 3. The van der Waals surface area contributed by atoms with Gasteiger partial charge in [0, 0.05) is 31.1 Å². The number of carbonyl (C=O) groups excluding carboxylic acids is 1. The molecular formula is C23H30N4O3S. The first-order chi connectivity index (χ1) is 15.1. The Labute approximate surface area is 188 Å². The third-order valence-electron chi connectivity index (χ3n) is 6.06. The van der Waals surface area contributed by atoms with Crippen molar-refractivity contribution in [2.24, 2.45) is 0 Å². The van der Waals surface area contributed by atoms with Crippen LogP contribution in [0.3, 0.4) is 0 Å². The highest BCUT2D eigenvalue weighted by Gasteiger charge is 2.31. The van der Waals surface area contributed by atoms with E-state index in [0.717, 1.165) is 40.8 Å². The third kappa shape index (κ3) is 4.69. The van der Waals surface area contributed by atoms with E-state index in [9.17, 15) is 4.79 Å². The van der Waals surface area contributed by atoms with Gasteiger partial charge in [-0.3, -0.25) is 0 Å². The van der Waals surface area contributed by atoms with Gasteiger partial charge in [-0.1, -0.05) is 19.3 Å². The normalized spacial score (nSPS) is 16.5. The Morgan fingerprint density at radius 3 is 2.65 bits per heavy atom. The van der Waals surface area contributed by atoms with E-state index in [1.807, 2.05) is 28.9 Å². The Kier molecular flexibility index (Phi) is 6.75. The number of hydrogen-bond acceptors (Lipinski definition) is 5. The summed E-state index contributed by atoms with van der Waals surface area (Å²) < 4.78 is 12.4. The minimum atomic E-state index is -0.390. The lowest BCUT2D eigenvalue weighted by Crippen LogP contribution is -2.47. The van der Waals surface area contributed by atoms with Crippen LogP contribution in [0, 0.1) is 0 Å². The van der Waals surface area contributed by atoms with Crippen LogP contribution >= 0.6 is 12.2 Å². The Balaban J connectivity index is 1.60. The molecule has 0 radical (unpaired) electrons. The van der Waals surface area contributed by atoms with Gasteiger partial charge < -0.3 is 19.7 Å². The molecule has 1 fully saturated rings. The number of rotatable bonds is 5. The molecular weight excluding hydrogens is 412 g/mol. The molecule has 1 aromatic heterocycles. The average molecular weight is 443 g/mol. The Morgan fingerprint density at radius 2 is 1.97 bits per heavy atom. The number of benzene rings is 1. The summed E-state index contributed by atoms with van der Waals surface area (Å²) in [5.74, 6) is 0.389. The molecule has 1 aliphatic heterocycles. The van der Waals surface area contributed by atoms with E-state index < -0.39 is 0 Å². The molecule has 31 heavy (non-hydrogen) atoms. The monoisotopic (exact) mass is 442 g/mol. The first-order valence-corrected chi connectivity index (χ1v) is 11.5.